The molecule has 9 heteroatoms. The van der Waals surface area contributed by atoms with Crippen molar-refractivity contribution in [3.63, 3.8) is 0 Å². The number of hydrogen-bond acceptors (Lipinski definition) is 7. The number of aromatic hydroxyl groups is 2. The van der Waals surface area contributed by atoms with Crippen LogP contribution in [0.15, 0.2) is 58.0 Å². The van der Waals surface area contributed by atoms with Gasteiger partial charge in [0.05, 0.1) is 11.1 Å². The second-order valence-corrected chi connectivity index (χ2v) is 10.4. The van der Waals surface area contributed by atoms with Crippen molar-refractivity contribution in [1.82, 2.24) is 9.88 Å². The Morgan fingerprint density at radius 2 is 1.89 bits per heavy atom. The van der Waals surface area contributed by atoms with E-state index in [-0.39, 0.29) is 39.5 Å². The molecule has 2 aromatic carbocycles. The first kappa shape index (κ1) is 24.8. The van der Waals surface area contributed by atoms with Gasteiger partial charge in [-0.15, -0.1) is 0 Å². The Hall–Kier alpha value is -3.85. The number of phenolic OH excluding ortho intramolecular Hbond substituents is 2. The fourth-order valence-corrected chi connectivity index (χ4v) is 5.52. The van der Waals surface area contributed by atoms with Crippen molar-refractivity contribution < 1.29 is 29.3 Å². The number of fused-ring (bicyclic) bond motifs is 4. The van der Waals surface area contributed by atoms with Crippen LogP contribution in [0.25, 0.3) is 10.9 Å². The number of aromatic nitrogens is 1. The normalized spacial score (nSPS) is 19.9. The van der Waals surface area contributed by atoms with E-state index >= 15 is 0 Å². The van der Waals surface area contributed by atoms with Gasteiger partial charge >= 0.3 is 0 Å². The van der Waals surface area contributed by atoms with Gasteiger partial charge in [0.2, 0.25) is 0 Å². The van der Waals surface area contributed by atoms with Gasteiger partial charge in [0.15, 0.2) is 17.3 Å². The van der Waals surface area contributed by atoms with Gasteiger partial charge < -0.3 is 24.8 Å². The lowest BCUT2D eigenvalue weighted by Crippen LogP contribution is -2.41. The summed E-state index contributed by atoms with van der Waals surface area (Å²) in [6.45, 7) is 6.98. The SMILES string of the molecule is CC(=O)c1c(O)c(C)c(O)c2c1OC1=CC(=O)C(=C(C)NCCn3ccc4ccc(Br)cc43)C(=O)[C@@]12C. The number of halogens is 1. The summed E-state index contributed by atoms with van der Waals surface area (Å²) < 4.78 is 8.85. The molecule has 3 aromatic rings. The minimum Gasteiger partial charge on any atom is -0.507 e. The number of phenols is 2. The first-order valence-electron chi connectivity index (χ1n) is 11.7. The predicted molar refractivity (Wildman–Crippen MR) is 141 cm³/mol. The Kier molecular flexibility index (Phi) is 5.79. The molecule has 1 atom stereocenters. The monoisotopic (exact) mass is 564 g/mol. The van der Waals surface area contributed by atoms with Crippen LogP contribution in [-0.4, -0.2) is 38.7 Å². The Bertz CT molecular complexity index is 1610. The number of benzene rings is 2. The molecule has 0 fully saturated rings. The fourth-order valence-electron chi connectivity index (χ4n) is 5.17. The van der Waals surface area contributed by atoms with E-state index in [0.717, 1.165) is 15.4 Å². The molecule has 0 saturated carbocycles. The Morgan fingerprint density at radius 3 is 2.59 bits per heavy atom. The van der Waals surface area contributed by atoms with Crippen LogP contribution < -0.4 is 10.1 Å². The maximum atomic E-state index is 13.9. The van der Waals surface area contributed by atoms with Crippen LogP contribution in [0.2, 0.25) is 0 Å². The van der Waals surface area contributed by atoms with Gasteiger partial charge in [-0.2, -0.15) is 0 Å². The number of ether oxygens (including phenoxy) is 1. The average molecular weight is 565 g/mol. The van der Waals surface area contributed by atoms with E-state index in [1.165, 1.54) is 19.9 Å². The van der Waals surface area contributed by atoms with Crippen molar-refractivity contribution in [2.45, 2.75) is 39.7 Å². The molecule has 0 saturated heterocycles. The summed E-state index contributed by atoms with van der Waals surface area (Å²) in [4.78, 5) is 39.2. The van der Waals surface area contributed by atoms with E-state index in [0.29, 0.717) is 18.8 Å². The van der Waals surface area contributed by atoms with Gasteiger partial charge in [-0.3, -0.25) is 14.4 Å². The summed E-state index contributed by atoms with van der Waals surface area (Å²) in [6, 6.07) is 8.05. The van der Waals surface area contributed by atoms with Crippen LogP contribution in [0.4, 0.5) is 0 Å². The van der Waals surface area contributed by atoms with Crippen LogP contribution in [0.5, 0.6) is 17.2 Å². The van der Waals surface area contributed by atoms with E-state index in [4.69, 9.17) is 4.74 Å². The number of nitrogens with zero attached hydrogens (tertiary/aromatic N) is 1. The number of nitrogens with one attached hydrogen (secondary N) is 1. The van der Waals surface area contributed by atoms with Gasteiger partial charge in [-0.1, -0.05) is 22.0 Å². The lowest BCUT2D eigenvalue weighted by atomic mass is 9.70. The lowest BCUT2D eigenvalue weighted by Gasteiger charge is -2.29. The molecule has 190 valence electrons. The zero-order valence-electron chi connectivity index (χ0n) is 20.7. The molecule has 2 aliphatic rings. The summed E-state index contributed by atoms with van der Waals surface area (Å²) in [5.41, 5.74) is -0.111. The molecule has 0 bridgehead atoms. The summed E-state index contributed by atoms with van der Waals surface area (Å²) in [5.74, 6) is -2.41. The number of Topliss-reactive ketones (excluding diaryl/α,β-unsaturated/α-hetero) is 2. The molecule has 5 rings (SSSR count). The van der Waals surface area contributed by atoms with Crippen LogP contribution in [0, 0.1) is 6.92 Å². The van der Waals surface area contributed by atoms with Crippen molar-refractivity contribution in [3.05, 3.63) is 74.7 Å². The highest BCUT2D eigenvalue weighted by atomic mass is 79.9. The van der Waals surface area contributed by atoms with Gasteiger partial charge in [-0.25, -0.2) is 0 Å². The molecule has 3 N–H and O–H groups in total. The summed E-state index contributed by atoms with van der Waals surface area (Å²) in [5, 5.41) is 25.7. The number of carbonyl (C=O) groups excluding carboxylic acids is 3. The third-order valence-electron chi connectivity index (χ3n) is 7.24. The highest BCUT2D eigenvalue weighted by Crippen LogP contribution is 2.57. The summed E-state index contributed by atoms with van der Waals surface area (Å²) >= 11 is 3.50. The molecule has 1 aliphatic carbocycles. The van der Waals surface area contributed by atoms with Gasteiger partial charge in [0, 0.05) is 46.6 Å². The van der Waals surface area contributed by atoms with Crippen LogP contribution in [-0.2, 0) is 21.5 Å². The molecular weight excluding hydrogens is 540 g/mol. The van der Waals surface area contributed by atoms with E-state index in [1.807, 2.05) is 30.5 Å². The molecular formula is C28H25BrN2O6. The minimum atomic E-state index is -1.53. The number of hydrogen-bond donors (Lipinski definition) is 3. The standard InChI is InChI=1S/C28H25BrN2O6/c1-13-24(34)22(15(3)32)26-23(25(13)35)28(4)20(37-26)12-19(33)21(27(28)36)14(2)30-8-10-31-9-7-16-5-6-17(29)11-18(16)31/h5-7,9,11-12,30,34-35H,8,10H2,1-4H3/t28-/m0/s1. The van der Waals surface area contributed by atoms with Gasteiger partial charge in [0.1, 0.15) is 34.0 Å². The number of allylic oxidation sites excluding steroid dienone is 4. The molecule has 0 unspecified atom stereocenters. The van der Waals surface area contributed by atoms with E-state index in [9.17, 15) is 24.6 Å². The van der Waals surface area contributed by atoms with E-state index in [2.05, 4.69) is 25.8 Å². The third-order valence-corrected chi connectivity index (χ3v) is 7.73. The topological polar surface area (TPSA) is 118 Å². The average Bonchev–Trinajstić information content (AvgIpc) is 3.36. The lowest BCUT2D eigenvalue weighted by molar-refractivity contribution is -0.123. The van der Waals surface area contributed by atoms with Crippen LogP contribution in [0.1, 0.15) is 42.3 Å². The first-order valence-corrected chi connectivity index (χ1v) is 12.5. The highest BCUT2D eigenvalue weighted by Gasteiger charge is 2.56. The molecule has 0 radical (unpaired) electrons. The maximum Gasteiger partial charge on any atom is 0.194 e. The number of carbonyl (C=O) groups is 3. The molecule has 1 aromatic heterocycles. The van der Waals surface area contributed by atoms with Crippen LogP contribution >= 0.6 is 15.9 Å². The molecule has 1 aliphatic heterocycles. The minimum absolute atomic E-state index is 0.0150. The molecule has 2 heterocycles. The smallest absolute Gasteiger partial charge is 0.194 e. The largest absolute Gasteiger partial charge is 0.507 e. The van der Waals surface area contributed by atoms with Crippen molar-refractivity contribution in [2.24, 2.45) is 0 Å². The van der Waals surface area contributed by atoms with Crippen molar-refractivity contribution in [2.75, 3.05) is 6.54 Å². The zero-order valence-corrected chi connectivity index (χ0v) is 22.3. The summed E-state index contributed by atoms with van der Waals surface area (Å²) in [6.07, 6.45) is 3.20. The van der Waals surface area contributed by atoms with Crippen molar-refractivity contribution >= 4 is 44.2 Å². The zero-order chi connectivity index (χ0) is 26.8. The summed E-state index contributed by atoms with van der Waals surface area (Å²) in [7, 11) is 0. The molecule has 0 spiro atoms. The molecule has 37 heavy (non-hydrogen) atoms. The third kappa shape index (κ3) is 3.60. The van der Waals surface area contributed by atoms with Crippen LogP contribution in [0.3, 0.4) is 0 Å². The Labute approximate surface area is 221 Å². The van der Waals surface area contributed by atoms with E-state index < -0.39 is 28.5 Å². The maximum absolute atomic E-state index is 13.9. The first-order chi connectivity index (χ1) is 17.5. The fraction of sp³-hybridized carbons (Fsp3) is 0.250. The quantitative estimate of drug-likeness (QED) is 0.236. The van der Waals surface area contributed by atoms with Crippen molar-refractivity contribution in [3.8, 4) is 17.2 Å². The van der Waals surface area contributed by atoms with Gasteiger partial charge in [-0.05, 0) is 51.3 Å². The second-order valence-electron chi connectivity index (χ2n) is 9.53. The Morgan fingerprint density at radius 1 is 1.16 bits per heavy atom. The van der Waals surface area contributed by atoms with E-state index in [1.54, 1.807) is 13.8 Å². The second kappa shape index (κ2) is 8.62. The van der Waals surface area contributed by atoms with Gasteiger partial charge in [0.25, 0.3) is 0 Å². The predicted octanol–water partition coefficient (Wildman–Crippen LogP) is 4.58. The Balaban J connectivity index is 1.50. The van der Waals surface area contributed by atoms with Crippen molar-refractivity contribution in [1.29, 1.82) is 0 Å². The number of ketones is 3. The molecule has 8 nitrogen and oxygen atoms in total. The molecule has 0 amide bonds. The highest BCUT2D eigenvalue weighted by molar-refractivity contribution is 9.10. The number of rotatable bonds is 5.